The molecule has 0 radical (unpaired) electrons. The zero-order chi connectivity index (χ0) is 11.4. The van der Waals surface area contributed by atoms with Crippen LogP contribution in [0.25, 0.3) is 0 Å². The van der Waals surface area contributed by atoms with Gasteiger partial charge in [0.2, 0.25) is 11.9 Å². The maximum Gasteiger partial charge on any atom is 2.00 e. The summed E-state index contributed by atoms with van der Waals surface area (Å²) in [4.78, 5) is 37.5. The van der Waals surface area contributed by atoms with Crippen LogP contribution in [0.1, 0.15) is 0 Å². The van der Waals surface area contributed by atoms with Crippen molar-refractivity contribution in [1.82, 2.24) is 0 Å². The Bertz CT molecular complexity index is 240. The summed E-state index contributed by atoms with van der Waals surface area (Å²) in [6.07, 6.45) is 5.59. The second-order valence-corrected chi connectivity index (χ2v) is 1.58. The molecule has 7 heteroatoms. The van der Waals surface area contributed by atoms with Gasteiger partial charge < -0.3 is 19.8 Å². The topological polar surface area (TPSA) is 109 Å². The Morgan fingerprint density at radius 2 is 1.13 bits per heavy atom. The molecule has 0 saturated carbocycles. The molecule has 0 fully saturated rings. The molecule has 76 valence electrons. The van der Waals surface area contributed by atoms with E-state index < -0.39 is 11.9 Å². The van der Waals surface area contributed by atoms with Crippen LogP contribution in [-0.4, -0.2) is 34.7 Å². The summed E-state index contributed by atoms with van der Waals surface area (Å²) >= 11 is 0. The van der Waals surface area contributed by atoms with Gasteiger partial charge in [0, 0.05) is 0 Å². The molecule has 0 aliphatic carbocycles. The predicted octanol–water partition coefficient (Wildman–Crippen LogP) is -0.529. The van der Waals surface area contributed by atoms with E-state index in [4.69, 9.17) is 10.2 Å². The van der Waals surface area contributed by atoms with Crippen LogP contribution in [0.15, 0.2) is 24.3 Å². The smallest absolute Gasteiger partial charge is 0.491 e. The Labute approximate surface area is 98.0 Å². The Hall–Kier alpha value is -1.62. The van der Waals surface area contributed by atoms with E-state index in [1.807, 2.05) is 0 Å². The second-order valence-electron chi connectivity index (χ2n) is 1.58. The summed E-state index contributed by atoms with van der Waals surface area (Å²) in [6.45, 7) is 0. The number of hydrogen-bond acceptors (Lipinski definition) is 4. The second kappa shape index (κ2) is 14.9. The van der Waals surface area contributed by atoms with E-state index >= 15 is 0 Å². The molecule has 0 amide bonds. The summed E-state index contributed by atoms with van der Waals surface area (Å²) in [6, 6.07) is 0. The van der Waals surface area contributed by atoms with Gasteiger partial charge in [-0.3, -0.25) is 9.59 Å². The largest absolute Gasteiger partial charge is 2.00 e. The zero-order valence-corrected chi connectivity index (χ0v) is 10.5. The molecular weight excluding hydrogens is 257 g/mol. The molecule has 0 atom stereocenters. The SMILES string of the molecule is O=[C-]/C=C/C(=O)O.O=[C-]/C=C/C(=O)O.[Zn+2]. The van der Waals surface area contributed by atoms with E-state index in [2.05, 4.69) is 0 Å². The van der Waals surface area contributed by atoms with Crippen LogP contribution in [-0.2, 0) is 38.7 Å². The van der Waals surface area contributed by atoms with Gasteiger partial charge in [0.25, 0.3) is 0 Å². The molecule has 2 N–H and O–H groups in total. The molecule has 0 aromatic carbocycles. The Kier molecular flexibility index (Phi) is 18.9. The third-order valence-corrected chi connectivity index (χ3v) is 0.588. The van der Waals surface area contributed by atoms with E-state index in [9.17, 15) is 19.2 Å². The van der Waals surface area contributed by atoms with Crippen molar-refractivity contribution >= 4 is 24.5 Å². The van der Waals surface area contributed by atoms with Crippen molar-refractivity contribution in [3.8, 4) is 0 Å². The van der Waals surface area contributed by atoms with Gasteiger partial charge in [-0.2, -0.15) is 12.2 Å². The summed E-state index contributed by atoms with van der Waals surface area (Å²) in [5.74, 6) is -2.27. The van der Waals surface area contributed by atoms with Crippen LogP contribution >= 0.6 is 0 Å². The number of rotatable bonds is 4. The molecule has 0 aliphatic rings. The Morgan fingerprint density at radius 3 is 1.20 bits per heavy atom. The summed E-state index contributed by atoms with van der Waals surface area (Å²) in [5.41, 5.74) is 0. The number of carbonyl (C=O) groups excluding carboxylic acids is 2. The Balaban J connectivity index is -0.000000180. The van der Waals surface area contributed by atoms with Crippen LogP contribution in [0.3, 0.4) is 0 Å². The van der Waals surface area contributed by atoms with Crippen LogP contribution < -0.4 is 0 Å². The van der Waals surface area contributed by atoms with Crippen LogP contribution in [0.4, 0.5) is 0 Å². The molecule has 0 saturated heterocycles. The monoisotopic (exact) mass is 262 g/mol. The fourth-order valence-corrected chi connectivity index (χ4v) is 0.211. The predicted molar refractivity (Wildman–Crippen MR) is 44.9 cm³/mol. The first kappa shape index (κ1) is 19.0. The first-order valence-corrected chi connectivity index (χ1v) is 3.09. The fraction of sp³-hybridized carbons (Fsp3) is 0. The molecule has 0 aromatic rings. The summed E-state index contributed by atoms with van der Waals surface area (Å²) < 4.78 is 0. The Morgan fingerprint density at radius 1 is 0.867 bits per heavy atom. The van der Waals surface area contributed by atoms with Crippen molar-refractivity contribution in [2.24, 2.45) is 0 Å². The van der Waals surface area contributed by atoms with Gasteiger partial charge in [-0.1, -0.05) is 0 Å². The number of carboxylic acid groups (broad SMARTS) is 2. The molecule has 0 spiro atoms. The minimum absolute atomic E-state index is 0. The quantitative estimate of drug-likeness (QED) is 0.401. The number of aliphatic carboxylic acids is 2. The van der Waals surface area contributed by atoms with Crippen LogP contribution in [0.2, 0.25) is 0 Å². The number of hydrogen-bond donors (Lipinski definition) is 2. The van der Waals surface area contributed by atoms with E-state index in [1.54, 1.807) is 0 Å². The minimum Gasteiger partial charge on any atom is -0.491 e. The molecule has 0 aliphatic heterocycles. The average molecular weight is 264 g/mol. The first-order chi connectivity index (χ1) is 6.54. The maximum atomic E-state index is 9.49. The molecular formula is C8H6O6Zn. The van der Waals surface area contributed by atoms with Gasteiger partial charge in [-0.15, -0.1) is 12.2 Å². The van der Waals surface area contributed by atoms with Gasteiger partial charge in [0.1, 0.15) is 0 Å². The molecule has 0 rings (SSSR count). The number of carboxylic acids is 2. The standard InChI is InChI=1S/2C4H3O3.Zn/c2*5-3-1-2-4(6)7;/h2*1-2H,(H,6,7);/q2*-1;+2/b2*2-1+;. The molecule has 15 heavy (non-hydrogen) atoms. The molecule has 0 bridgehead atoms. The van der Waals surface area contributed by atoms with Crippen molar-refractivity contribution in [3.05, 3.63) is 24.3 Å². The summed E-state index contributed by atoms with van der Waals surface area (Å²) in [5, 5.41) is 15.6. The fourth-order valence-electron chi connectivity index (χ4n) is 0.211. The first-order valence-electron chi connectivity index (χ1n) is 3.09. The van der Waals surface area contributed by atoms with Crippen molar-refractivity contribution in [2.45, 2.75) is 0 Å². The number of allylic oxidation sites excluding steroid dienone is 2. The summed E-state index contributed by atoms with van der Waals surface area (Å²) in [7, 11) is 0. The van der Waals surface area contributed by atoms with Gasteiger partial charge in [0.15, 0.2) is 0 Å². The molecule has 0 aromatic heterocycles. The van der Waals surface area contributed by atoms with E-state index in [0.29, 0.717) is 12.2 Å². The van der Waals surface area contributed by atoms with Crippen molar-refractivity contribution in [3.63, 3.8) is 0 Å². The van der Waals surface area contributed by atoms with Gasteiger partial charge in [-0.05, 0) is 12.6 Å². The number of carbonyl (C=O) groups is 2. The van der Waals surface area contributed by atoms with E-state index in [1.165, 1.54) is 12.6 Å². The van der Waals surface area contributed by atoms with Gasteiger partial charge in [0.05, 0.1) is 0 Å². The van der Waals surface area contributed by atoms with Crippen molar-refractivity contribution in [2.75, 3.05) is 0 Å². The van der Waals surface area contributed by atoms with Crippen LogP contribution in [0.5, 0.6) is 0 Å². The normalized spacial score (nSPS) is 8.53. The van der Waals surface area contributed by atoms with Crippen molar-refractivity contribution < 1.29 is 48.9 Å². The van der Waals surface area contributed by atoms with Crippen molar-refractivity contribution in [1.29, 1.82) is 0 Å². The third kappa shape index (κ3) is 32.8. The third-order valence-electron chi connectivity index (χ3n) is 0.588. The molecule has 0 heterocycles. The molecule has 6 nitrogen and oxygen atoms in total. The van der Waals surface area contributed by atoms with E-state index in [-0.39, 0.29) is 19.5 Å². The zero-order valence-electron chi connectivity index (χ0n) is 7.54. The van der Waals surface area contributed by atoms with Gasteiger partial charge in [-0.25, -0.2) is 0 Å². The minimum atomic E-state index is -1.14. The van der Waals surface area contributed by atoms with E-state index in [0.717, 1.165) is 12.2 Å². The molecule has 0 unspecified atom stereocenters. The average Bonchev–Trinajstić information content (AvgIpc) is 2.12. The van der Waals surface area contributed by atoms with Gasteiger partial charge >= 0.3 is 19.5 Å². The van der Waals surface area contributed by atoms with Crippen LogP contribution in [0, 0.1) is 0 Å². The maximum absolute atomic E-state index is 9.49.